The van der Waals surface area contributed by atoms with Gasteiger partial charge in [-0.25, -0.2) is 4.79 Å². The standard InChI is InChI=1S/C16H17ClN2O2/c1-3-21-16(20)11-6-4-8-13(18)15(11)19-14-9-5-7-12(17)10(14)2/h4-9,19H,3,18H2,1-2H3. The van der Waals surface area contributed by atoms with Gasteiger partial charge in [-0.1, -0.05) is 23.7 Å². The zero-order valence-electron chi connectivity index (χ0n) is 11.9. The first-order chi connectivity index (χ1) is 10.0. The highest BCUT2D eigenvalue weighted by atomic mass is 35.5. The van der Waals surface area contributed by atoms with E-state index in [-0.39, 0.29) is 0 Å². The molecule has 0 saturated heterocycles. The molecule has 0 radical (unpaired) electrons. The maximum Gasteiger partial charge on any atom is 0.340 e. The lowest BCUT2D eigenvalue weighted by Crippen LogP contribution is -2.10. The number of halogens is 1. The maximum atomic E-state index is 12.0. The van der Waals surface area contributed by atoms with Crippen molar-refractivity contribution in [3.05, 3.63) is 52.5 Å². The summed E-state index contributed by atoms with van der Waals surface area (Å²) in [5, 5.41) is 3.82. The first-order valence-electron chi connectivity index (χ1n) is 6.62. The summed E-state index contributed by atoms with van der Waals surface area (Å²) in [5.74, 6) is -0.410. The number of nitrogens with two attached hydrogens (primary N) is 1. The minimum atomic E-state index is -0.410. The Morgan fingerprint density at radius 2 is 2.00 bits per heavy atom. The first kappa shape index (κ1) is 15.2. The van der Waals surface area contributed by atoms with Gasteiger partial charge in [-0.15, -0.1) is 0 Å². The molecule has 110 valence electrons. The SMILES string of the molecule is CCOC(=O)c1cccc(N)c1Nc1cccc(Cl)c1C. The second kappa shape index (κ2) is 6.50. The molecule has 0 fully saturated rings. The van der Waals surface area contributed by atoms with Gasteiger partial charge in [0, 0.05) is 10.7 Å². The van der Waals surface area contributed by atoms with Crippen molar-refractivity contribution in [2.24, 2.45) is 0 Å². The van der Waals surface area contributed by atoms with Gasteiger partial charge >= 0.3 is 5.97 Å². The third-order valence-corrected chi connectivity index (χ3v) is 3.53. The van der Waals surface area contributed by atoms with Crippen molar-refractivity contribution in [1.29, 1.82) is 0 Å². The molecule has 3 N–H and O–H groups in total. The van der Waals surface area contributed by atoms with Gasteiger partial charge in [0.25, 0.3) is 0 Å². The molecule has 5 heteroatoms. The number of para-hydroxylation sites is 1. The highest BCUT2D eigenvalue weighted by Crippen LogP contribution is 2.31. The summed E-state index contributed by atoms with van der Waals surface area (Å²) < 4.78 is 5.05. The molecule has 0 aliphatic heterocycles. The molecule has 0 amide bonds. The van der Waals surface area contributed by atoms with Crippen molar-refractivity contribution in [2.45, 2.75) is 13.8 Å². The number of anilines is 3. The van der Waals surface area contributed by atoms with Crippen molar-refractivity contribution < 1.29 is 9.53 Å². The fraction of sp³-hybridized carbons (Fsp3) is 0.188. The predicted octanol–water partition coefficient (Wildman–Crippen LogP) is 4.15. The van der Waals surface area contributed by atoms with Gasteiger partial charge in [-0.3, -0.25) is 0 Å². The van der Waals surface area contributed by atoms with Gasteiger partial charge in [0.15, 0.2) is 0 Å². The Morgan fingerprint density at radius 3 is 2.71 bits per heavy atom. The number of nitrogens with one attached hydrogen (secondary N) is 1. The van der Waals surface area contributed by atoms with E-state index < -0.39 is 5.97 Å². The smallest absolute Gasteiger partial charge is 0.340 e. The maximum absolute atomic E-state index is 12.0. The van der Waals surface area contributed by atoms with Crippen LogP contribution in [0.5, 0.6) is 0 Å². The van der Waals surface area contributed by atoms with E-state index in [1.54, 1.807) is 25.1 Å². The Bertz CT molecular complexity index is 671. The number of esters is 1. The van der Waals surface area contributed by atoms with Gasteiger partial charge in [-0.2, -0.15) is 0 Å². The van der Waals surface area contributed by atoms with Gasteiger partial charge < -0.3 is 15.8 Å². The van der Waals surface area contributed by atoms with E-state index in [0.29, 0.717) is 28.6 Å². The number of hydrogen-bond acceptors (Lipinski definition) is 4. The van der Waals surface area contributed by atoms with Crippen LogP contribution in [0, 0.1) is 6.92 Å². The topological polar surface area (TPSA) is 64.3 Å². The zero-order chi connectivity index (χ0) is 15.4. The molecule has 0 bridgehead atoms. The van der Waals surface area contributed by atoms with E-state index in [4.69, 9.17) is 22.1 Å². The highest BCUT2D eigenvalue weighted by Gasteiger charge is 2.15. The van der Waals surface area contributed by atoms with Crippen molar-refractivity contribution in [3.8, 4) is 0 Å². The molecule has 2 rings (SSSR count). The van der Waals surface area contributed by atoms with Crippen LogP contribution in [0.15, 0.2) is 36.4 Å². The highest BCUT2D eigenvalue weighted by molar-refractivity contribution is 6.31. The molecule has 2 aromatic rings. The lowest BCUT2D eigenvalue weighted by molar-refractivity contribution is 0.0527. The van der Waals surface area contributed by atoms with Crippen LogP contribution < -0.4 is 11.1 Å². The lowest BCUT2D eigenvalue weighted by Gasteiger charge is -2.15. The van der Waals surface area contributed by atoms with Crippen LogP contribution in [-0.4, -0.2) is 12.6 Å². The second-order valence-corrected chi connectivity index (χ2v) is 4.93. The molecule has 4 nitrogen and oxygen atoms in total. The summed E-state index contributed by atoms with van der Waals surface area (Å²) in [6, 6.07) is 10.6. The molecular formula is C16H17ClN2O2. The van der Waals surface area contributed by atoms with E-state index in [1.807, 2.05) is 25.1 Å². The molecule has 2 aromatic carbocycles. The Morgan fingerprint density at radius 1 is 1.29 bits per heavy atom. The average molecular weight is 305 g/mol. The zero-order valence-corrected chi connectivity index (χ0v) is 12.7. The summed E-state index contributed by atoms with van der Waals surface area (Å²) in [6.07, 6.45) is 0. The van der Waals surface area contributed by atoms with Crippen molar-refractivity contribution in [3.63, 3.8) is 0 Å². The van der Waals surface area contributed by atoms with E-state index in [2.05, 4.69) is 5.32 Å². The van der Waals surface area contributed by atoms with Crippen LogP contribution in [0.1, 0.15) is 22.8 Å². The molecule has 0 aromatic heterocycles. The van der Waals surface area contributed by atoms with Gasteiger partial charge in [0.1, 0.15) is 0 Å². The van der Waals surface area contributed by atoms with Crippen LogP contribution in [-0.2, 0) is 4.74 Å². The third kappa shape index (κ3) is 3.28. The number of nitrogen functional groups attached to an aromatic ring is 1. The minimum absolute atomic E-state index is 0.309. The molecule has 0 saturated carbocycles. The fourth-order valence-electron chi connectivity index (χ4n) is 1.97. The van der Waals surface area contributed by atoms with E-state index in [0.717, 1.165) is 11.3 Å². The summed E-state index contributed by atoms with van der Waals surface area (Å²) >= 11 is 6.11. The van der Waals surface area contributed by atoms with Crippen LogP contribution in [0.2, 0.25) is 5.02 Å². The molecule has 0 unspecified atom stereocenters. The second-order valence-electron chi connectivity index (χ2n) is 4.53. The molecular weight excluding hydrogens is 288 g/mol. The van der Waals surface area contributed by atoms with E-state index in [9.17, 15) is 4.79 Å². The van der Waals surface area contributed by atoms with Crippen molar-refractivity contribution in [2.75, 3.05) is 17.7 Å². The van der Waals surface area contributed by atoms with Crippen molar-refractivity contribution >= 4 is 34.6 Å². The summed E-state index contributed by atoms with van der Waals surface area (Å²) in [4.78, 5) is 12.0. The Hall–Kier alpha value is -2.20. The number of ether oxygens (including phenoxy) is 1. The molecule has 0 atom stereocenters. The fourth-order valence-corrected chi connectivity index (χ4v) is 2.14. The number of rotatable bonds is 4. The largest absolute Gasteiger partial charge is 0.462 e. The van der Waals surface area contributed by atoms with Gasteiger partial charge in [0.05, 0.1) is 23.5 Å². The van der Waals surface area contributed by atoms with E-state index in [1.165, 1.54) is 0 Å². The molecule has 0 aliphatic carbocycles. The van der Waals surface area contributed by atoms with Crippen LogP contribution in [0.25, 0.3) is 0 Å². The number of hydrogen-bond donors (Lipinski definition) is 2. The van der Waals surface area contributed by atoms with Gasteiger partial charge in [0.2, 0.25) is 0 Å². The number of carbonyl (C=O) groups excluding carboxylic acids is 1. The normalized spacial score (nSPS) is 10.2. The lowest BCUT2D eigenvalue weighted by atomic mass is 10.1. The molecule has 0 heterocycles. The van der Waals surface area contributed by atoms with Crippen molar-refractivity contribution in [1.82, 2.24) is 0 Å². The molecule has 0 spiro atoms. The van der Waals surface area contributed by atoms with Crippen LogP contribution in [0.3, 0.4) is 0 Å². The monoisotopic (exact) mass is 304 g/mol. The van der Waals surface area contributed by atoms with E-state index >= 15 is 0 Å². The Labute approximate surface area is 128 Å². The average Bonchev–Trinajstić information content (AvgIpc) is 2.46. The van der Waals surface area contributed by atoms with Gasteiger partial charge in [-0.05, 0) is 43.7 Å². The summed E-state index contributed by atoms with van der Waals surface area (Å²) in [5.41, 5.74) is 9.07. The molecule has 21 heavy (non-hydrogen) atoms. The predicted molar refractivity (Wildman–Crippen MR) is 86.3 cm³/mol. The minimum Gasteiger partial charge on any atom is -0.462 e. The Kier molecular flexibility index (Phi) is 4.70. The third-order valence-electron chi connectivity index (χ3n) is 3.12. The van der Waals surface area contributed by atoms with Crippen LogP contribution >= 0.6 is 11.6 Å². The number of benzene rings is 2. The summed E-state index contributed by atoms with van der Waals surface area (Å²) in [6.45, 7) is 3.97. The van der Waals surface area contributed by atoms with Crippen LogP contribution in [0.4, 0.5) is 17.1 Å². The summed E-state index contributed by atoms with van der Waals surface area (Å²) in [7, 11) is 0. The quantitative estimate of drug-likeness (QED) is 0.658. The first-order valence-corrected chi connectivity index (χ1v) is 7.00. The Balaban J connectivity index is 2.44. The number of carbonyl (C=O) groups is 1. The molecule has 0 aliphatic rings.